The van der Waals surface area contributed by atoms with Crippen LogP contribution in [0, 0.1) is 0 Å². The van der Waals surface area contributed by atoms with Crippen molar-refractivity contribution in [2.24, 2.45) is 0 Å². The fourth-order valence-electron chi connectivity index (χ4n) is 2.18. The number of thiophene rings is 1. The van der Waals surface area contributed by atoms with Crippen LogP contribution in [0.1, 0.15) is 24.3 Å². The highest BCUT2D eigenvalue weighted by atomic mass is 32.1. The van der Waals surface area contributed by atoms with Crippen LogP contribution in [-0.2, 0) is 11.8 Å². The first-order valence-electron chi connectivity index (χ1n) is 6.99. The van der Waals surface area contributed by atoms with Crippen LogP contribution in [0.4, 0.5) is 0 Å². The molecule has 2 nitrogen and oxygen atoms in total. The van der Waals surface area contributed by atoms with E-state index in [1.165, 1.54) is 10.4 Å². The summed E-state index contributed by atoms with van der Waals surface area (Å²) < 4.78 is 5.17. The SMILES string of the molecule is COc1ccc(CCNCC(C)(C)c2cccs2)cc1. The van der Waals surface area contributed by atoms with Crippen molar-refractivity contribution in [3.05, 3.63) is 52.2 Å². The normalized spacial score (nSPS) is 11.6. The summed E-state index contributed by atoms with van der Waals surface area (Å²) in [6.07, 6.45) is 1.05. The molecule has 0 unspecified atom stereocenters. The van der Waals surface area contributed by atoms with Gasteiger partial charge in [0.25, 0.3) is 0 Å². The highest BCUT2D eigenvalue weighted by Gasteiger charge is 2.20. The Labute approximate surface area is 125 Å². The van der Waals surface area contributed by atoms with Crippen molar-refractivity contribution in [1.82, 2.24) is 5.32 Å². The lowest BCUT2D eigenvalue weighted by molar-refractivity contribution is 0.414. The quantitative estimate of drug-likeness (QED) is 0.781. The summed E-state index contributed by atoms with van der Waals surface area (Å²) >= 11 is 1.83. The van der Waals surface area contributed by atoms with Crippen LogP contribution in [0.3, 0.4) is 0 Å². The van der Waals surface area contributed by atoms with Gasteiger partial charge in [-0.2, -0.15) is 0 Å². The minimum Gasteiger partial charge on any atom is -0.497 e. The summed E-state index contributed by atoms with van der Waals surface area (Å²) in [5.41, 5.74) is 1.54. The molecule has 0 aliphatic carbocycles. The second-order valence-corrected chi connectivity index (χ2v) is 6.58. The van der Waals surface area contributed by atoms with E-state index in [1.54, 1.807) is 7.11 Å². The smallest absolute Gasteiger partial charge is 0.118 e. The number of methoxy groups -OCH3 is 1. The molecule has 0 atom stereocenters. The molecule has 2 rings (SSSR count). The highest BCUT2D eigenvalue weighted by molar-refractivity contribution is 7.10. The van der Waals surface area contributed by atoms with Crippen LogP contribution in [-0.4, -0.2) is 20.2 Å². The molecule has 3 heteroatoms. The van der Waals surface area contributed by atoms with Gasteiger partial charge in [0.15, 0.2) is 0 Å². The van der Waals surface area contributed by atoms with Gasteiger partial charge < -0.3 is 10.1 Å². The summed E-state index contributed by atoms with van der Waals surface area (Å²) in [7, 11) is 1.70. The molecular weight excluding hydrogens is 266 g/mol. The van der Waals surface area contributed by atoms with Crippen molar-refractivity contribution in [1.29, 1.82) is 0 Å². The molecule has 0 saturated heterocycles. The van der Waals surface area contributed by atoms with E-state index >= 15 is 0 Å². The molecule has 1 N–H and O–H groups in total. The van der Waals surface area contributed by atoms with E-state index in [0.29, 0.717) is 0 Å². The predicted octanol–water partition coefficient (Wildman–Crippen LogP) is 3.87. The van der Waals surface area contributed by atoms with Crippen molar-refractivity contribution in [3.8, 4) is 5.75 Å². The maximum Gasteiger partial charge on any atom is 0.118 e. The van der Waals surface area contributed by atoms with Gasteiger partial charge in [0.1, 0.15) is 5.75 Å². The van der Waals surface area contributed by atoms with E-state index in [1.807, 2.05) is 23.5 Å². The van der Waals surface area contributed by atoms with Crippen LogP contribution >= 0.6 is 11.3 Å². The van der Waals surface area contributed by atoms with Crippen LogP contribution in [0.15, 0.2) is 41.8 Å². The Balaban J connectivity index is 1.76. The standard InChI is InChI=1S/C17H23NOS/c1-17(2,16-5-4-12-20-16)13-18-11-10-14-6-8-15(19-3)9-7-14/h4-9,12,18H,10-11,13H2,1-3H3. The number of ether oxygens (including phenoxy) is 1. The minimum atomic E-state index is 0.202. The molecule has 1 heterocycles. The van der Waals surface area contributed by atoms with Crippen LogP contribution in [0.5, 0.6) is 5.75 Å². The largest absolute Gasteiger partial charge is 0.497 e. The summed E-state index contributed by atoms with van der Waals surface area (Å²) in [4.78, 5) is 1.44. The van der Waals surface area contributed by atoms with Crippen LogP contribution < -0.4 is 10.1 Å². The van der Waals surface area contributed by atoms with Gasteiger partial charge in [-0.15, -0.1) is 11.3 Å². The molecule has 0 spiro atoms. The van der Waals surface area contributed by atoms with Gasteiger partial charge in [0, 0.05) is 16.8 Å². The van der Waals surface area contributed by atoms with Gasteiger partial charge >= 0.3 is 0 Å². The lowest BCUT2D eigenvalue weighted by atomic mass is 9.91. The minimum absolute atomic E-state index is 0.202. The molecule has 20 heavy (non-hydrogen) atoms. The number of benzene rings is 1. The molecule has 0 radical (unpaired) electrons. The molecule has 0 fully saturated rings. The Morgan fingerprint density at radius 3 is 2.50 bits per heavy atom. The van der Waals surface area contributed by atoms with Crippen molar-refractivity contribution in [2.75, 3.05) is 20.2 Å². The fourth-order valence-corrected chi connectivity index (χ4v) is 3.03. The zero-order valence-electron chi connectivity index (χ0n) is 12.5. The Morgan fingerprint density at radius 1 is 1.15 bits per heavy atom. The van der Waals surface area contributed by atoms with E-state index in [2.05, 4.69) is 48.8 Å². The molecule has 2 aromatic rings. The Kier molecular flexibility index (Phi) is 5.21. The number of hydrogen-bond donors (Lipinski definition) is 1. The Morgan fingerprint density at radius 2 is 1.90 bits per heavy atom. The monoisotopic (exact) mass is 289 g/mol. The second-order valence-electron chi connectivity index (χ2n) is 5.64. The highest BCUT2D eigenvalue weighted by Crippen LogP contribution is 2.26. The van der Waals surface area contributed by atoms with Gasteiger partial charge in [0.2, 0.25) is 0 Å². The Bertz CT molecular complexity index is 502. The summed E-state index contributed by atoms with van der Waals surface area (Å²) in [5, 5.41) is 5.71. The van der Waals surface area contributed by atoms with E-state index in [0.717, 1.165) is 25.3 Å². The van der Waals surface area contributed by atoms with Gasteiger partial charge in [-0.1, -0.05) is 32.0 Å². The zero-order valence-corrected chi connectivity index (χ0v) is 13.3. The van der Waals surface area contributed by atoms with E-state index in [-0.39, 0.29) is 5.41 Å². The molecule has 0 aliphatic rings. The fraction of sp³-hybridized carbons (Fsp3) is 0.412. The molecule has 1 aromatic carbocycles. The zero-order chi connectivity index (χ0) is 14.4. The maximum atomic E-state index is 5.17. The molecule has 0 aliphatic heterocycles. The summed E-state index contributed by atoms with van der Waals surface area (Å²) in [6, 6.07) is 12.6. The first kappa shape index (κ1) is 15.1. The topological polar surface area (TPSA) is 21.3 Å². The third-order valence-corrected chi connectivity index (χ3v) is 4.74. The average Bonchev–Trinajstić information content (AvgIpc) is 2.99. The lowest BCUT2D eigenvalue weighted by Gasteiger charge is -2.23. The second kappa shape index (κ2) is 6.91. The number of nitrogens with one attached hydrogen (secondary N) is 1. The molecule has 0 saturated carbocycles. The first-order valence-corrected chi connectivity index (χ1v) is 7.87. The van der Waals surface area contributed by atoms with Crippen LogP contribution in [0.25, 0.3) is 0 Å². The molecule has 108 valence electrons. The van der Waals surface area contributed by atoms with E-state index in [9.17, 15) is 0 Å². The van der Waals surface area contributed by atoms with E-state index < -0.39 is 0 Å². The van der Waals surface area contributed by atoms with Crippen molar-refractivity contribution >= 4 is 11.3 Å². The molecule has 1 aromatic heterocycles. The third-order valence-electron chi connectivity index (χ3n) is 3.50. The summed E-state index contributed by atoms with van der Waals surface area (Å²) in [6.45, 7) is 6.59. The molecule has 0 amide bonds. The third kappa shape index (κ3) is 4.09. The maximum absolute atomic E-state index is 5.17. The first-order chi connectivity index (χ1) is 9.62. The van der Waals surface area contributed by atoms with Crippen molar-refractivity contribution in [3.63, 3.8) is 0 Å². The summed E-state index contributed by atoms with van der Waals surface area (Å²) in [5.74, 6) is 0.917. The van der Waals surface area contributed by atoms with Gasteiger partial charge in [0.05, 0.1) is 7.11 Å². The van der Waals surface area contributed by atoms with Crippen LogP contribution in [0.2, 0.25) is 0 Å². The number of rotatable bonds is 7. The lowest BCUT2D eigenvalue weighted by Crippen LogP contribution is -2.33. The average molecular weight is 289 g/mol. The van der Waals surface area contributed by atoms with E-state index in [4.69, 9.17) is 4.74 Å². The predicted molar refractivity (Wildman–Crippen MR) is 86.9 cm³/mol. The Hall–Kier alpha value is -1.32. The molecule has 0 bridgehead atoms. The van der Waals surface area contributed by atoms with Gasteiger partial charge in [-0.3, -0.25) is 0 Å². The number of hydrogen-bond acceptors (Lipinski definition) is 3. The van der Waals surface area contributed by atoms with Crippen molar-refractivity contribution in [2.45, 2.75) is 25.7 Å². The molecular formula is C17H23NOS. The van der Waals surface area contributed by atoms with Crippen molar-refractivity contribution < 1.29 is 4.74 Å². The van der Waals surface area contributed by atoms with Gasteiger partial charge in [-0.05, 0) is 42.1 Å². The van der Waals surface area contributed by atoms with Gasteiger partial charge in [-0.25, -0.2) is 0 Å².